The van der Waals surface area contributed by atoms with Gasteiger partial charge in [-0.3, -0.25) is 4.79 Å². The van der Waals surface area contributed by atoms with Gasteiger partial charge in [-0.1, -0.05) is 11.6 Å². The maximum Gasteiger partial charge on any atom is 0.410 e. The van der Waals surface area contributed by atoms with Crippen LogP contribution in [0.3, 0.4) is 0 Å². The van der Waals surface area contributed by atoms with Crippen molar-refractivity contribution in [3.05, 3.63) is 29.3 Å². The molecule has 0 saturated carbocycles. The van der Waals surface area contributed by atoms with Crippen molar-refractivity contribution in [2.24, 2.45) is 0 Å². The molecule has 1 aromatic carbocycles. The molecular weight excluding hydrogens is 284 g/mol. The van der Waals surface area contributed by atoms with Gasteiger partial charge in [-0.25, -0.2) is 4.79 Å². The Morgan fingerprint density at radius 3 is 2.80 bits per heavy atom. The molecule has 108 valence electrons. The summed E-state index contributed by atoms with van der Waals surface area (Å²) in [4.78, 5) is 24.2. The third-order valence-corrected chi connectivity index (χ3v) is 3.02. The van der Waals surface area contributed by atoms with Gasteiger partial charge < -0.3 is 19.7 Å². The lowest BCUT2D eigenvalue weighted by atomic mass is 10.3. The Hall–Kier alpha value is -1.95. The van der Waals surface area contributed by atoms with Crippen molar-refractivity contribution in [3.8, 4) is 5.75 Å². The Morgan fingerprint density at radius 2 is 2.20 bits per heavy atom. The van der Waals surface area contributed by atoms with E-state index < -0.39 is 0 Å². The molecule has 7 heteroatoms. The fourth-order valence-corrected chi connectivity index (χ4v) is 1.84. The van der Waals surface area contributed by atoms with E-state index in [-0.39, 0.29) is 31.3 Å². The molecule has 0 radical (unpaired) electrons. The first-order chi connectivity index (χ1) is 9.54. The first-order valence-electron chi connectivity index (χ1n) is 6.11. The molecule has 1 fully saturated rings. The molecule has 2 amide bonds. The van der Waals surface area contributed by atoms with Crippen molar-refractivity contribution < 1.29 is 19.1 Å². The van der Waals surface area contributed by atoms with Crippen molar-refractivity contribution in [1.29, 1.82) is 0 Å². The van der Waals surface area contributed by atoms with Crippen LogP contribution in [-0.4, -0.2) is 49.7 Å². The standard InChI is InChI=1S/C13H15ClN2O4/c1-16-7-11(20-13(16)18)6-15-12(17)8-19-10-4-2-9(14)3-5-10/h2-5,11H,6-8H2,1H3,(H,15,17). The summed E-state index contributed by atoms with van der Waals surface area (Å²) in [6.45, 7) is 0.647. The predicted octanol–water partition coefficient (Wildman–Crippen LogP) is 1.29. The number of carbonyl (C=O) groups excluding carboxylic acids is 2. The molecular formula is C13H15ClN2O4. The summed E-state index contributed by atoms with van der Waals surface area (Å²) in [6, 6.07) is 6.73. The number of cyclic esters (lactones) is 1. The fraction of sp³-hybridized carbons (Fsp3) is 0.385. The number of nitrogens with zero attached hydrogens (tertiary/aromatic N) is 1. The highest BCUT2D eigenvalue weighted by Gasteiger charge is 2.28. The van der Waals surface area contributed by atoms with Gasteiger partial charge in [0.15, 0.2) is 6.61 Å². The molecule has 1 heterocycles. The highest BCUT2D eigenvalue weighted by molar-refractivity contribution is 6.30. The highest BCUT2D eigenvalue weighted by Crippen LogP contribution is 2.15. The number of amides is 2. The number of halogens is 1. The number of nitrogens with one attached hydrogen (secondary N) is 1. The summed E-state index contributed by atoms with van der Waals surface area (Å²) in [6.07, 6.45) is -0.686. The fourth-order valence-electron chi connectivity index (χ4n) is 1.71. The van der Waals surface area contributed by atoms with E-state index in [4.69, 9.17) is 21.1 Å². The smallest absolute Gasteiger partial charge is 0.410 e. The average Bonchev–Trinajstić information content (AvgIpc) is 2.75. The first kappa shape index (κ1) is 14.5. The van der Waals surface area contributed by atoms with Crippen LogP contribution >= 0.6 is 11.6 Å². The molecule has 6 nitrogen and oxygen atoms in total. The van der Waals surface area contributed by atoms with Gasteiger partial charge >= 0.3 is 6.09 Å². The third-order valence-electron chi connectivity index (χ3n) is 2.77. The second-order valence-corrected chi connectivity index (χ2v) is 4.87. The van der Waals surface area contributed by atoms with E-state index in [9.17, 15) is 9.59 Å². The minimum atomic E-state index is -0.373. The van der Waals surface area contributed by atoms with Crippen LogP contribution in [0.25, 0.3) is 0 Å². The molecule has 20 heavy (non-hydrogen) atoms. The SMILES string of the molecule is CN1CC(CNC(=O)COc2ccc(Cl)cc2)OC1=O. The second kappa shape index (κ2) is 6.47. The Labute approximate surface area is 121 Å². The number of likely N-dealkylation sites (N-methyl/N-ethyl adjacent to an activating group) is 1. The van der Waals surface area contributed by atoms with E-state index in [1.54, 1.807) is 31.3 Å². The minimum Gasteiger partial charge on any atom is -0.484 e. The lowest BCUT2D eigenvalue weighted by Crippen LogP contribution is -2.36. The van der Waals surface area contributed by atoms with E-state index in [0.29, 0.717) is 17.3 Å². The summed E-state index contributed by atoms with van der Waals surface area (Å²) in [5.41, 5.74) is 0. The Balaban J connectivity index is 1.68. The van der Waals surface area contributed by atoms with E-state index in [1.165, 1.54) is 4.90 Å². The molecule has 0 bridgehead atoms. The Bertz CT molecular complexity index is 492. The zero-order chi connectivity index (χ0) is 14.5. The van der Waals surface area contributed by atoms with E-state index in [1.807, 2.05) is 0 Å². The van der Waals surface area contributed by atoms with Crippen molar-refractivity contribution in [1.82, 2.24) is 10.2 Å². The summed E-state index contributed by atoms with van der Waals surface area (Å²) in [7, 11) is 1.65. The summed E-state index contributed by atoms with van der Waals surface area (Å²) in [5.74, 6) is 0.294. The molecule has 1 aliphatic heterocycles. The zero-order valence-electron chi connectivity index (χ0n) is 11.0. The number of hydrogen-bond donors (Lipinski definition) is 1. The molecule has 1 aromatic rings. The molecule has 0 aromatic heterocycles. The molecule has 1 unspecified atom stereocenters. The lowest BCUT2D eigenvalue weighted by Gasteiger charge is -2.10. The topological polar surface area (TPSA) is 67.9 Å². The maximum absolute atomic E-state index is 11.6. The highest BCUT2D eigenvalue weighted by atomic mass is 35.5. The van der Waals surface area contributed by atoms with Crippen LogP contribution in [0, 0.1) is 0 Å². The van der Waals surface area contributed by atoms with Gasteiger partial charge in [0.2, 0.25) is 0 Å². The largest absolute Gasteiger partial charge is 0.484 e. The zero-order valence-corrected chi connectivity index (χ0v) is 11.7. The average molecular weight is 299 g/mol. The lowest BCUT2D eigenvalue weighted by molar-refractivity contribution is -0.123. The minimum absolute atomic E-state index is 0.0991. The van der Waals surface area contributed by atoms with Gasteiger partial charge in [0.05, 0.1) is 13.1 Å². The van der Waals surface area contributed by atoms with Crippen LogP contribution in [-0.2, 0) is 9.53 Å². The number of benzene rings is 1. The normalized spacial score (nSPS) is 17.8. The van der Waals surface area contributed by atoms with Crippen LogP contribution in [0.1, 0.15) is 0 Å². The molecule has 2 rings (SSSR count). The van der Waals surface area contributed by atoms with Crippen LogP contribution < -0.4 is 10.1 Å². The van der Waals surface area contributed by atoms with E-state index in [2.05, 4.69) is 5.32 Å². The molecule has 0 spiro atoms. The van der Waals surface area contributed by atoms with Gasteiger partial charge in [-0.05, 0) is 24.3 Å². The quantitative estimate of drug-likeness (QED) is 0.889. The summed E-state index contributed by atoms with van der Waals surface area (Å²) in [5, 5.41) is 3.26. The number of rotatable bonds is 5. The van der Waals surface area contributed by atoms with E-state index >= 15 is 0 Å². The van der Waals surface area contributed by atoms with Crippen LogP contribution in [0.2, 0.25) is 5.02 Å². The molecule has 1 N–H and O–H groups in total. The third kappa shape index (κ3) is 4.03. The van der Waals surface area contributed by atoms with Gasteiger partial charge in [0, 0.05) is 12.1 Å². The molecule has 0 aliphatic carbocycles. The van der Waals surface area contributed by atoms with Gasteiger partial charge in [-0.2, -0.15) is 0 Å². The van der Waals surface area contributed by atoms with E-state index in [0.717, 1.165) is 0 Å². The van der Waals surface area contributed by atoms with Crippen molar-refractivity contribution in [2.75, 3.05) is 26.7 Å². The van der Waals surface area contributed by atoms with Gasteiger partial charge in [-0.15, -0.1) is 0 Å². The Kier molecular flexibility index (Phi) is 4.68. The first-order valence-corrected chi connectivity index (χ1v) is 6.49. The van der Waals surface area contributed by atoms with Crippen molar-refractivity contribution in [2.45, 2.75) is 6.10 Å². The molecule has 1 aliphatic rings. The number of carbonyl (C=O) groups is 2. The number of ether oxygens (including phenoxy) is 2. The van der Waals surface area contributed by atoms with Gasteiger partial charge in [0.1, 0.15) is 11.9 Å². The maximum atomic E-state index is 11.6. The number of hydrogen-bond acceptors (Lipinski definition) is 4. The van der Waals surface area contributed by atoms with Crippen molar-refractivity contribution >= 4 is 23.6 Å². The van der Waals surface area contributed by atoms with Crippen LogP contribution in [0.15, 0.2) is 24.3 Å². The van der Waals surface area contributed by atoms with Crippen molar-refractivity contribution in [3.63, 3.8) is 0 Å². The monoisotopic (exact) mass is 298 g/mol. The van der Waals surface area contributed by atoms with Gasteiger partial charge in [0.25, 0.3) is 5.91 Å². The second-order valence-electron chi connectivity index (χ2n) is 4.43. The Morgan fingerprint density at radius 1 is 1.50 bits per heavy atom. The van der Waals surface area contributed by atoms with Crippen LogP contribution in [0.5, 0.6) is 5.75 Å². The molecule has 1 atom stereocenters. The summed E-state index contributed by atoms with van der Waals surface area (Å²) < 4.78 is 10.3. The predicted molar refractivity (Wildman–Crippen MR) is 72.9 cm³/mol. The molecule has 1 saturated heterocycles. The summed E-state index contributed by atoms with van der Waals surface area (Å²) >= 11 is 5.74. The van der Waals surface area contributed by atoms with Crippen LogP contribution in [0.4, 0.5) is 4.79 Å².